The van der Waals surface area contributed by atoms with E-state index in [9.17, 15) is 14.4 Å². The lowest BCUT2D eigenvalue weighted by Crippen LogP contribution is -2.60. The van der Waals surface area contributed by atoms with Crippen LogP contribution < -0.4 is 5.32 Å². The quantitative estimate of drug-likeness (QED) is 0.820. The molecule has 0 bridgehead atoms. The SMILES string of the molecule is Cc1c(-c2cccc(C(=O)N3CCCC34CCCNC4=O)c2)cnn1CC(=O)O. The number of carbonyl (C=O) groups is 3. The number of nitrogens with zero attached hydrogens (tertiary/aromatic N) is 3. The number of carboxylic acid groups (broad SMARTS) is 1. The van der Waals surface area contributed by atoms with Gasteiger partial charge in [-0.05, 0) is 50.3 Å². The molecule has 29 heavy (non-hydrogen) atoms. The molecule has 2 N–H and O–H groups in total. The molecule has 2 aliphatic rings. The van der Waals surface area contributed by atoms with E-state index in [0.717, 1.165) is 29.7 Å². The number of amides is 2. The summed E-state index contributed by atoms with van der Waals surface area (Å²) < 4.78 is 1.42. The average Bonchev–Trinajstić information content (AvgIpc) is 3.28. The van der Waals surface area contributed by atoms with E-state index < -0.39 is 11.5 Å². The Morgan fingerprint density at radius 3 is 2.83 bits per heavy atom. The predicted molar refractivity (Wildman–Crippen MR) is 105 cm³/mol. The molecule has 1 aromatic heterocycles. The van der Waals surface area contributed by atoms with Crippen LogP contribution in [-0.2, 0) is 16.1 Å². The molecule has 3 heterocycles. The summed E-state index contributed by atoms with van der Waals surface area (Å²) in [5.74, 6) is -1.15. The first-order valence-electron chi connectivity index (χ1n) is 9.87. The van der Waals surface area contributed by atoms with Crippen LogP contribution in [0.25, 0.3) is 11.1 Å². The summed E-state index contributed by atoms with van der Waals surface area (Å²) in [7, 11) is 0. The lowest BCUT2D eigenvalue weighted by Gasteiger charge is -2.40. The van der Waals surface area contributed by atoms with Gasteiger partial charge in [0, 0.05) is 29.9 Å². The van der Waals surface area contributed by atoms with Crippen molar-refractivity contribution in [2.24, 2.45) is 0 Å². The van der Waals surface area contributed by atoms with Crippen molar-refractivity contribution in [3.8, 4) is 11.1 Å². The molecule has 1 aromatic carbocycles. The smallest absolute Gasteiger partial charge is 0.325 e. The van der Waals surface area contributed by atoms with Crippen molar-refractivity contribution < 1.29 is 19.5 Å². The molecule has 2 aromatic rings. The predicted octanol–water partition coefficient (Wildman–Crippen LogP) is 1.83. The van der Waals surface area contributed by atoms with Gasteiger partial charge in [0.05, 0.1) is 6.20 Å². The molecule has 2 amide bonds. The molecule has 8 heteroatoms. The Morgan fingerprint density at radius 2 is 2.07 bits per heavy atom. The number of aromatic nitrogens is 2. The van der Waals surface area contributed by atoms with Crippen molar-refractivity contribution in [1.29, 1.82) is 0 Å². The summed E-state index contributed by atoms with van der Waals surface area (Å²) in [4.78, 5) is 38.7. The number of rotatable bonds is 4. The summed E-state index contributed by atoms with van der Waals surface area (Å²) in [5, 5.41) is 16.1. The van der Waals surface area contributed by atoms with E-state index >= 15 is 0 Å². The van der Waals surface area contributed by atoms with Crippen LogP contribution in [0.4, 0.5) is 0 Å². The van der Waals surface area contributed by atoms with Crippen LogP contribution in [0, 0.1) is 6.92 Å². The van der Waals surface area contributed by atoms with E-state index in [1.165, 1.54) is 4.68 Å². The number of aliphatic carboxylic acids is 1. The fourth-order valence-corrected chi connectivity index (χ4v) is 4.52. The number of likely N-dealkylation sites (tertiary alicyclic amines) is 1. The van der Waals surface area contributed by atoms with Gasteiger partial charge in [0.25, 0.3) is 5.91 Å². The Labute approximate surface area is 168 Å². The zero-order valence-electron chi connectivity index (χ0n) is 16.4. The van der Waals surface area contributed by atoms with Crippen molar-refractivity contribution in [2.45, 2.75) is 44.7 Å². The molecule has 2 saturated heterocycles. The third-order valence-corrected chi connectivity index (χ3v) is 6.02. The number of hydrogen-bond acceptors (Lipinski definition) is 4. The van der Waals surface area contributed by atoms with Gasteiger partial charge in [-0.2, -0.15) is 5.10 Å². The Hall–Kier alpha value is -3.16. The molecule has 2 aliphatic heterocycles. The maximum atomic E-state index is 13.3. The molecule has 1 spiro atoms. The number of carbonyl (C=O) groups excluding carboxylic acids is 2. The van der Waals surface area contributed by atoms with Crippen LogP contribution in [0.1, 0.15) is 41.7 Å². The minimum Gasteiger partial charge on any atom is -0.480 e. The van der Waals surface area contributed by atoms with Crippen molar-refractivity contribution in [3.63, 3.8) is 0 Å². The highest BCUT2D eigenvalue weighted by Crippen LogP contribution is 2.37. The molecular weight excluding hydrogens is 372 g/mol. The van der Waals surface area contributed by atoms with Gasteiger partial charge in [-0.1, -0.05) is 12.1 Å². The fraction of sp³-hybridized carbons (Fsp3) is 0.429. The second kappa shape index (κ2) is 7.35. The monoisotopic (exact) mass is 396 g/mol. The standard InChI is InChI=1S/C21H24N4O4/c1-14-17(12-23-25(14)13-18(26)27)15-5-2-6-16(11-15)19(28)24-10-4-8-21(24)7-3-9-22-20(21)29/h2,5-6,11-12H,3-4,7-10,13H2,1H3,(H,22,29)(H,26,27). The fourth-order valence-electron chi connectivity index (χ4n) is 4.52. The van der Waals surface area contributed by atoms with Gasteiger partial charge in [0.15, 0.2) is 0 Å². The van der Waals surface area contributed by atoms with Crippen molar-refractivity contribution >= 4 is 17.8 Å². The normalized spacial score (nSPS) is 21.4. The molecule has 0 radical (unpaired) electrons. The van der Waals surface area contributed by atoms with Gasteiger partial charge < -0.3 is 15.3 Å². The van der Waals surface area contributed by atoms with E-state index in [1.54, 1.807) is 29.3 Å². The molecule has 1 atom stereocenters. The van der Waals surface area contributed by atoms with Gasteiger partial charge in [-0.25, -0.2) is 0 Å². The third kappa shape index (κ3) is 3.28. The Bertz CT molecular complexity index is 983. The summed E-state index contributed by atoms with van der Waals surface area (Å²) in [5.41, 5.74) is 2.10. The third-order valence-electron chi connectivity index (χ3n) is 6.02. The number of nitrogens with one attached hydrogen (secondary N) is 1. The van der Waals surface area contributed by atoms with E-state index in [1.807, 2.05) is 13.0 Å². The lowest BCUT2D eigenvalue weighted by molar-refractivity contribution is -0.138. The summed E-state index contributed by atoms with van der Waals surface area (Å²) in [6.07, 6.45) is 4.71. The first kappa shape index (κ1) is 19.2. The Kier molecular flexibility index (Phi) is 4.86. The first-order valence-corrected chi connectivity index (χ1v) is 9.87. The zero-order valence-corrected chi connectivity index (χ0v) is 16.4. The van der Waals surface area contributed by atoms with Crippen LogP contribution >= 0.6 is 0 Å². The molecule has 0 aliphatic carbocycles. The van der Waals surface area contributed by atoms with E-state index in [4.69, 9.17) is 5.11 Å². The van der Waals surface area contributed by atoms with Crippen LogP contribution in [-0.4, -0.2) is 56.2 Å². The van der Waals surface area contributed by atoms with Gasteiger partial charge in [-0.15, -0.1) is 0 Å². The highest BCUT2D eigenvalue weighted by molar-refractivity contribution is 6.00. The molecule has 8 nitrogen and oxygen atoms in total. The molecule has 2 fully saturated rings. The number of piperidine rings is 1. The van der Waals surface area contributed by atoms with Crippen molar-refractivity contribution in [1.82, 2.24) is 20.0 Å². The molecular formula is C21H24N4O4. The topological polar surface area (TPSA) is 105 Å². The Morgan fingerprint density at radius 1 is 1.28 bits per heavy atom. The highest BCUT2D eigenvalue weighted by atomic mass is 16.4. The zero-order chi connectivity index (χ0) is 20.6. The number of carboxylic acids is 1. The van der Waals surface area contributed by atoms with Crippen LogP contribution in [0.3, 0.4) is 0 Å². The van der Waals surface area contributed by atoms with Crippen molar-refractivity contribution in [3.05, 3.63) is 41.7 Å². The van der Waals surface area contributed by atoms with Crippen LogP contribution in [0.5, 0.6) is 0 Å². The van der Waals surface area contributed by atoms with E-state index in [-0.39, 0.29) is 18.4 Å². The number of benzene rings is 1. The summed E-state index contributed by atoms with van der Waals surface area (Å²) in [6.45, 7) is 2.83. The second-order valence-corrected chi connectivity index (χ2v) is 7.73. The summed E-state index contributed by atoms with van der Waals surface area (Å²) in [6, 6.07) is 7.24. The first-order chi connectivity index (χ1) is 13.9. The van der Waals surface area contributed by atoms with Crippen LogP contribution in [0.15, 0.2) is 30.5 Å². The molecule has 152 valence electrons. The second-order valence-electron chi connectivity index (χ2n) is 7.73. The van der Waals surface area contributed by atoms with Crippen LogP contribution in [0.2, 0.25) is 0 Å². The van der Waals surface area contributed by atoms with E-state index in [2.05, 4.69) is 10.4 Å². The van der Waals surface area contributed by atoms with Gasteiger partial charge >= 0.3 is 5.97 Å². The maximum absolute atomic E-state index is 13.3. The lowest BCUT2D eigenvalue weighted by atomic mass is 9.86. The van der Waals surface area contributed by atoms with Gasteiger partial charge in [-0.3, -0.25) is 19.1 Å². The molecule has 0 saturated carbocycles. The van der Waals surface area contributed by atoms with Gasteiger partial charge in [0.2, 0.25) is 5.91 Å². The summed E-state index contributed by atoms with van der Waals surface area (Å²) >= 11 is 0. The average molecular weight is 396 g/mol. The van der Waals surface area contributed by atoms with Crippen molar-refractivity contribution in [2.75, 3.05) is 13.1 Å². The number of hydrogen-bond donors (Lipinski definition) is 2. The Balaban J connectivity index is 1.64. The molecule has 1 unspecified atom stereocenters. The largest absolute Gasteiger partial charge is 0.480 e. The highest BCUT2D eigenvalue weighted by Gasteiger charge is 2.50. The van der Waals surface area contributed by atoms with Gasteiger partial charge in [0.1, 0.15) is 12.1 Å². The maximum Gasteiger partial charge on any atom is 0.325 e. The minimum atomic E-state index is -0.961. The molecule has 4 rings (SSSR count). The van der Waals surface area contributed by atoms with E-state index in [0.29, 0.717) is 31.5 Å². The minimum absolute atomic E-state index is 0.0449.